The van der Waals surface area contributed by atoms with Crippen LogP contribution in [0.4, 0.5) is 0 Å². The van der Waals surface area contributed by atoms with Gasteiger partial charge in [-0.15, -0.1) is 0 Å². The van der Waals surface area contributed by atoms with Crippen molar-refractivity contribution < 1.29 is 4.74 Å². The van der Waals surface area contributed by atoms with Gasteiger partial charge in [0, 0.05) is 5.56 Å². The molecule has 0 heterocycles. The van der Waals surface area contributed by atoms with Crippen molar-refractivity contribution >= 4 is 0 Å². The van der Waals surface area contributed by atoms with Crippen molar-refractivity contribution in [1.82, 2.24) is 0 Å². The summed E-state index contributed by atoms with van der Waals surface area (Å²) >= 11 is 0. The third-order valence-electron chi connectivity index (χ3n) is 7.49. The van der Waals surface area contributed by atoms with Gasteiger partial charge in [-0.05, 0) is 65.8 Å². The maximum Gasteiger partial charge on any atom is 0.127 e. The number of ether oxygens (including phenoxy) is 1. The lowest BCUT2D eigenvalue weighted by atomic mass is 9.68. The highest BCUT2D eigenvalue weighted by molar-refractivity contribution is 5.74. The Labute approximate surface area is 194 Å². The fraction of sp³-hybridized carbons (Fsp3) is 0.419. The first-order valence-electron chi connectivity index (χ1n) is 12.7. The van der Waals surface area contributed by atoms with Gasteiger partial charge in [-0.2, -0.15) is 0 Å². The molecule has 0 aliphatic heterocycles. The molecule has 168 valence electrons. The molecule has 3 aromatic rings. The fourth-order valence-corrected chi connectivity index (χ4v) is 5.81. The molecule has 0 N–H and O–H groups in total. The smallest absolute Gasteiger partial charge is 0.127 e. The standard InChI is InChI=1S/C31H38O/c1-4-23-12-10-11-15-29(23)28(5-2)27-20-21-30(31(22-27)32-6-3)26-18-16-25(17-19-26)24-13-8-7-9-14-24/h7-9,13-14,16-23,28-29H,4-6,10-12,15H2,1-3H3. The van der Waals surface area contributed by atoms with Crippen LogP contribution in [0, 0.1) is 11.8 Å². The van der Waals surface area contributed by atoms with E-state index >= 15 is 0 Å². The first-order valence-corrected chi connectivity index (χ1v) is 12.7. The van der Waals surface area contributed by atoms with Crippen LogP contribution in [0.1, 0.15) is 70.8 Å². The van der Waals surface area contributed by atoms with Crippen LogP contribution >= 0.6 is 0 Å². The zero-order valence-corrected chi connectivity index (χ0v) is 20.0. The van der Waals surface area contributed by atoms with E-state index in [1.54, 1.807) is 0 Å². The average Bonchev–Trinajstić information content (AvgIpc) is 2.86. The molecule has 0 saturated heterocycles. The van der Waals surface area contributed by atoms with Gasteiger partial charge >= 0.3 is 0 Å². The normalized spacial score (nSPS) is 19.5. The molecule has 4 rings (SSSR count). The molecule has 0 radical (unpaired) electrons. The summed E-state index contributed by atoms with van der Waals surface area (Å²) in [7, 11) is 0. The largest absolute Gasteiger partial charge is 0.493 e. The third kappa shape index (κ3) is 4.93. The van der Waals surface area contributed by atoms with Gasteiger partial charge in [-0.25, -0.2) is 0 Å². The predicted molar refractivity (Wildman–Crippen MR) is 137 cm³/mol. The van der Waals surface area contributed by atoms with Gasteiger partial charge in [-0.3, -0.25) is 0 Å². The lowest BCUT2D eigenvalue weighted by molar-refractivity contribution is 0.191. The highest BCUT2D eigenvalue weighted by Gasteiger charge is 2.31. The summed E-state index contributed by atoms with van der Waals surface area (Å²) in [4.78, 5) is 0. The quantitative estimate of drug-likeness (QED) is 0.349. The van der Waals surface area contributed by atoms with Gasteiger partial charge in [0.25, 0.3) is 0 Å². The van der Waals surface area contributed by atoms with Gasteiger partial charge in [0.15, 0.2) is 0 Å². The minimum Gasteiger partial charge on any atom is -0.493 e. The number of hydrogen-bond acceptors (Lipinski definition) is 1. The Bertz CT molecular complexity index is 973. The van der Waals surface area contributed by atoms with Gasteiger partial charge in [0.1, 0.15) is 5.75 Å². The summed E-state index contributed by atoms with van der Waals surface area (Å²) in [5.41, 5.74) is 6.38. The van der Waals surface area contributed by atoms with E-state index in [4.69, 9.17) is 4.74 Å². The Morgan fingerprint density at radius 2 is 1.47 bits per heavy atom. The summed E-state index contributed by atoms with van der Waals surface area (Å²) in [6, 6.07) is 26.5. The molecule has 0 amide bonds. The van der Waals surface area contributed by atoms with Crippen LogP contribution in [-0.2, 0) is 0 Å². The van der Waals surface area contributed by atoms with Crippen molar-refractivity contribution in [3.63, 3.8) is 0 Å². The van der Waals surface area contributed by atoms with Gasteiger partial charge < -0.3 is 4.74 Å². The summed E-state index contributed by atoms with van der Waals surface area (Å²) in [5.74, 6) is 3.34. The van der Waals surface area contributed by atoms with E-state index in [1.165, 1.54) is 66.3 Å². The number of rotatable bonds is 8. The maximum absolute atomic E-state index is 6.18. The first kappa shape index (κ1) is 22.6. The summed E-state index contributed by atoms with van der Waals surface area (Å²) < 4.78 is 6.18. The SMILES string of the molecule is CCOc1cc(C(CC)C2CCCCC2CC)ccc1-c1ccc(-c2ccccc2)cc1. The van der Waals surface area contributed by atoms with Crippen molar-refractivity contribution in [2.45, 2.75) is 65.2 Å². The third-order valence-corrected chi connectivity index (χ3v) is 7.49. The lowest BCUT2D eigenvalue weighted by Gasteiger charge is -2.37. The Hall–Kier alpha value is -2.54. The molecule has 1 nitrogen and oxygen atoms in total. The minimum absolute atomic E-state index is 0.633. The van der Waals surface area contributed by atoms with E-state index in [9.17, 15) is 0 Å². The minimum atomic E-state index is 0.633. The van der Waals surface area contributed by atoms with E-state index in [1.807, 2.05) is 0 Å². The molecule has 0 aromatic heterocycles. The van der Waals surface area contributed by atoms with E-state index in [0.717, 1.165) is 17.6 Å². The zero-order valence-electron chi connectivity index (χ0n) is 20.0. The Balaban J connectivity index is 1.64. The molecule has 1 fully saturated rings. The van der Waals surface area contributed by atoms with E-state index in [-0.39, 0.29) is 0 Å². The second-order valence-electron chi connectivity index (χ2n) is 9.26. The molecule has 3 atom stereocenters. The van der Waals surface area contributed by atoms with Crippen LogP contribution in [0.15, 0.2) is 72.8 Å². The van der Waals surface area contributed by atoms with Crippen LogP contribution < -0.4 is 4.74 Å². The van der Waals surface area contributed by atoms with Gasteiger partial charge in [0.05, 0.1) is 6.61 Å². The van der Waals surface area contributed by atoms with Gasteiger partial charge in [0.2, 0.25) is 0 Å². The monoisotopic (exact) mass is 426 g/mol. The lowest BCUT2D eigenvalue weighted by Crippen LogP contribution is -2.25. The van der Waals surface area contributed by atoms with Crippen LogP contribution in [0.5, 0.6) is 5.75 Å². The molecule has 1 heteroatoms. The van der Waals surface area contributed by atoms with Crippen LogP contribution in [-0.4, -0.2) is 6.61 Å². The zero-order chi connectivity index (χ0) is 22.3. The molecule has 0 bridgehead atoms. The van der Waals surface area contributed by atoms with Crippen molar-refractivity contribution in [3.8, 4) is 28.0 Å². The highest BCUT2D eigenvalue weighted by Crippen LogP contribution is 2.44. The van der Waals surface area contributed by atoms with E-state index in [2.05, 4.69) is 93.6 Å². The predicted octanol–water partition coefficient (Wildman–Crippen LogP) is 9.13. The summed E-state index contributed by atoms with van der Waals surface area (Å²) in [6.07, 6.45) is 8.10. The average molecular weight is 427 g/mol. The van der Waals surface area contributed by atoms with Crippen LogP contribution in [0.3, 0.4) is 0 Å². The van der Waals surface area contributed by atoms with Crippen LogP contribution in [0.2, 0.25) is 0 Å². The second kappa shape index (κ2) is 10.9. The van der Waals surface area contributed by atoms with Crippen molar-refractivity contribution in [2.75, 3.05) is 6.61 Å². The molecular weight excluding hydrogens is 388 g/mol. The topological polar surface area (TPSA) is 9.23 Å². The van der Waals surface area contributed by atoms with Gasteiger partial charge in [-0.1, -0.05) is 106 Å². The molecule has 1 saturated carbocycles. The van der Waals surface area contributed by atoms with E-state index < -0.39 is 0 Å². The second-order valence-corrected chi connectivity index (χ2v) is 9.26. The number of benzene rings is 3. The molecule has 32 heavy (non-hydrogen) atoms. The molecule has 0 spiro atoms. The first-order chi connectivity index (χ1) is 15.7. The Morgan fingerprint density at radius 1 is 0.781 bits per heavy atom. The molecule has 1 aliphatic rings. The van der Waals surface area contributed by atoms with E-state index in [0.29, 0.717) is 12.5 Å². The molecule has 3 aromatic carbocycles. The number of hydrogen-bond donors (Lipinski definition) is 0. The molecular formula is C31H38O. The highest BCUT2D eigenvalue weighted by atomic mass is 16.5. The van der Waals surface area contributed by atoms with Crippen molar-refractivity contribution in [1.29, 1.82) is 0 Å². The van der Waals surface area contributed by atoms with Crippen molar-refractivity contribution in [3.05, 3.63) is 78.4 Å². The maximum atomic E-state index is 6.18. The van der Waals surface area contributed by atoms with Crippen LogP contribution in [0.25, 0.3) is 22.3 Å². The molecule has 3 unspecified atom stereocenters. The Kier molecular flexibility index (Phi) is 7.68. The molecule has 1 aliphatic carbocycles. The fourth-order valence-electron chi connectivity index (χ4n) is 5.81. The van der Waals surface area contributed by atoms with Crippen molar-refractivity contribution in [2.24, 2.45) is 11.8 Å². The Morgan fingerprint density at radius 3 is 2.16 bits per heavy atom. The summed E-state index contributed by atoms with van der Waals surface area (Å²) in [5, 5.41) is 0. The summed E-state index contributed by atoms with van der Waals surface area (Å²) in [6.45, 7) is 7.52.